The van der Waals surface area contributed by atoms with Gasteiger partial charge in [0.25, 0.3) is 0 Å². The molecule has 0 aliphatic rings. The standard InChI is InChI=1S/C14H14N2O2/c1-2-12(11-7-4-3-5-8-11)15-16-14(17)13-9-6-10-18-13/h3-10H,2H2,1H3,(H,16,17)/b15-12+. The number of nitrogens with zero attached hydrogens (tertiary/aromatic N) is 1. The highest BCUT2D eigenvalue weighted by Crippen LogP contribution is 2.04. The number of amides is 1. The first-order valence-corrected chi connectivity index (χ1v) is 5.77. The Morgan fingerprint density at radius 1 is 1.22 bits per heavy atom. The van der Waals surface area contributed by atoms with E-state index in [0.29, 0.717) is 0 Å². The smallest absolute Gasteiger partial charge is 0.307 e. The highest BCUT2D eigenvalue weighted by molar-refractivity contribution is 6.01. The lowest BCUT2D eigenvalue weighted by Crippen LogP contribution is -2.19. The summed E-state index contributed by atoms with van der Waals surface area (Å²) in [4.78, 5) is 11.6. The van der Waals surface area contributed by atoms with Crippen LogP contribution in [0.15, 0.2) is 58.2 Å². The topological polar surface area (TPSA) is 54.6 Å². The summed E-state index contributed by atoms with van der Waals surface area (Å²) in [6.07, 6.45) is 2.19. The highest BCUT2D eigenvalue weighted by atomic mass is 16.3. The van der Waals surface area contributed by atoms with E-state index >= 15 is 0 Å². The van der Waals surface area contributed by atoms with Gasteiger partial charge >= 0.3 is 5.91 Å². The number of carbonyl (C=O) groups excluding carboxylic acids is 1. The lowest BCUT2D eigenvalue weighted by molar-refractivity contribution is 0.0927. The van der Waals surface area contributed by atoms with E-state index in [-0.39, 0.29) is 11.7 Å². The van der Waals surface area contributed by atoms with Crippen molar-refractivity contribution in [3.8, 4) is 0 Å². The van der Waals surface area contributed by atoms with Crippen LogP contribution < -0.4 is 5.43 Å². The zero-order chi connectivity index (χ0) is 12.8. The second-order valence-electron chi connectivity index (χ2n) is 3.70. The number of carbonyl (C=O) groups is 1. The summed E-state index contributed by atoms with van der Waals surface area (Å²) in [5, 5.41) is 4.13. The van der Waals surface area contributed by atoms with Crippen molar-refractivity contribution >= 4 is 11.6 Å². The van der Waals surface area contributed by atoms with Gasteiger partial charge in [-0.15, -0.1) is 0 Å². The number of nitrogens with one attached hydrogen (secondary N) is 1. The van der Waals surface area contributed by atoms with Gasteiger partial charge < -0.3 is 4.42 Å². The van der Waals surface area contributed by atoms with Gasteiger partial charge in [-0.05, 0) is 24.1 Å². The van der Waals surface area contributed by atoms with Gasteiger partial charge in [0.15, 0.2) is 5.76 Å². The van der Waals surface area contributed by atoms with Crippen molar-refractivity contribution in [2.75, 3.05) is 0 Å². The molecular weight excluding hydrogens is 228 g/mol. The van der Waals surface area contributed by atoms with Crippen LogP contribution in [0.3, 0.4) is 0 Å². The van der Waals surface area contributed by atoms with E-state index in [1.54, 1.807) is 12.1 Å². The fraction of sp³-hybridized carbons (Fsp3) is 0.143. The quantitative estimate of drug-likeness (QED) is 0.662. The van der Waals surface area contributed by atoms with Crippen molar-refractivity contribution in [2.45, 2.75) is 13.3 Å². The van der Waals surface area contributed by atoms with E-state index in [1.165, 1.54) is 6.26 Å². The highest BCUT2D eigenvalue weighted by Gasteiger charge is 2.07. The van der Waals surface area contributed by atoms with E-state index in [1.807, 2.05) is 37.3 Å². The number of rotatable bonds is 4. The molecule has 4 heteroatoms. The van der Waals surface area contributed by atoms with Crippen LogP contribution in [0.4, 0.5) is 0 Å². The van der Waals surface area contributed by atoms with Crippen LogP contribution in [0.2, 0.25) is 0 Å². The molecule has 1 N–H and O–H groups in total. The van der Waals surface area contributed by atoms with Gasteiger partial charge in [0.1, 0.15) is 0 Å². The summed E-state index contributed by atoms with van der Waals surface area (Å²) in [5.74, 6) is -0.0934. The molecule has 0 bridgehead atoms. The maximum atomic E-state index is 11.6. The molecule has 0 radical (unpaired) electrons. The summed E-state index contributed by atoms with van der Waals surface area (Å²) >= 11 is 0. The van der Waals surface area contributed by atoms with Crippen molar-refractivity contribution in [3.63, 3.8) is 0 Å². The molecule has 92 valence electrons. The average Bonchev–Trinajstić information content (AvgIpc) is 2.94. The second kappa shape index (κ2) is 5.82. The molecule has 0 saturated carbocycles. The fourth-order valence-electron chi connectivity index (χ4n) is 1.56. The van der Waals surface area contributed by atoms with E-state index in [2.05, 4.69) is 10.5 Å². The van der Waals surface area contributed by atoms with Gasteiger partial charge in [-0.3, -0.25) is 4.79 Å². The number of furan rings is 1. The SMILES string of the molecule is CC/C(=N\NC(=O)c1ccco1)c1ccccc1. The second-order valence-corrected chi connectivity index (χ2v) is 3.70. The molecular formula is C14H14N2O2. The molecule has 0 spiro atoms. The van der Waals surface area contributed by atoms with Crippen molar-refractivity contribution in [1.29, 1.82) is 0 Å². The first-order chi connectivity index (χ1) is 8.81. The molecule has 18 heavy (non-hydrogen) atoms. The fourth-order valence-corrected chi connectivity index (χ4v) is 1.56. The summed E-state index contributed by atoms with van der Waals surface area (Å²) in [6.45, 7) is 1.99. The molecule has 0 fully saturated rings. The largest absolute Gasteiger partial charge is 0.459 e. The molecule has 1 amide bonds. The van der Waals surface area contributed by atoms with Crippen molar-refractivity contribution < 1.29 is 9.21 Å². The van der Waals surface area contributed by atoms with Crippen LogP contribution in [0, 0.1) is 0 Å². The third kappa shape index (κ3) is 2.85. The monoisotopic (exact) mass is 242 g/mol. The molecule has 0 aliphatic heterocycles. The van der Waals surface area contributed by atoms with Crippen molar-refractivity contribution in [1.82, 2.24) is 5.43 Å². The lowest BCUT2D eigenvalue weighted by atomic mass is 10.1. The predicted octanol–water partition coefficient (Wildman–Crippen LogP) is 2.82. The molecule has 4 nitrogen and oxygen atoms in total. The molecule has 1 aromatic heterocycles. The minimum atomic E-state index is -0.345. The van der Waals surface area contributed by atoms with Gasteiger partial charge in [-0.2, -0.15) is 5.10 Å². The van der Waals surface area contributed by atoms with Crippen LogP contribution in [-0.4, -0.2) is 11.6 Å². The molecule has 0 aliphatic carbocycles. The third-order valence-electron chi connectivity index (χ3n) is 2.48. The molecule has 1 aromatic carbocycles. The van der Waals surface area contributed by atoms with Gasteiger partial charge in [-0.1, -0.05) is 37.3 Å². The Balaban J connectivity index is 2.10. The Bertz CT molecular complexity index is 530. The van der Waals surface area contributed by atoms with E-state index in [4.69, 9.17) is 4.42 Å². The molecule has 2 aromatic rings. The zero-order valence-corrected chi connectivity index (χ0v) is 10.1. The third-order valence-corrected chi connectivity index (χ3v) is 2.48. The van der Waals surface area contributed by atoms with Crippen molar-refractivity contribution in [2.24, 2.45) is 5.10 Å². The Morgan fingerprint density at radius 2 is 2.00 bits per heavy atom. The number of benzene rings is 1. The minimum Gasteiger partial charge on any atom is -0.459 e. The Hall–Kier alpha value is -2.36. The Kier molecular flexibility index (Phi) is 3.91. The van der Waals surface area contributed by atoms with Gasteiger partial charge in [0, 0.05) is 0 Å². The van der Waals surface area contributed by atoms with Crippen LogP contribution in [0.1, 0.15) is 29.5 Å². The maximum Gasteiger partial charge on any atom is 0.307 e. The zero-order valence-electron chi connectivity index (χ0n) is 10.1. The Morgan fingerprint density at radius 3 is 2.61 bits per heavy atom. The first kappa shape index (κ1) is 12.1. The van der Waals surface area contributed by atoms with Crippen molar-refractivity contribution in [3.05, 3.63) is 60.1 Å². The maximum absolute atomic E-state index is 11.6. The number of hydrogen-bond donors (Lipinski definition) is 1. The number of hydrogen-bond acceptors (Lipinski definition) is 3. The van der Waals surface area contributed by atoms with Crippen LogP contribution in [-0.2, 0) is 0 Å². The molecule has 1 heterocycles. The summed E-state index contributed by atoms with van der Waals surface area (Å²) in [5.41, 5.74) is 4.32. The van der Waals surface area contributed by atoms with Gasteiger partial charge in [0.05, 0.1) is 12.0 Å². The van der Waals surface area contributed by atoms with E-state index in [0.717, 1.165) is 17.7 Å². The minimum absolute atomic E-state index is 0.252. The lowest BCUT2D eigenvalue weighted by Gasteiger charge is -2.03. The molecule has 0 saturated heterocycles. The molecule has 0 unspecified atom stereocenters. The number of hydrazone groups is 1. The average molecular weight is 242 g/mol. The summed E-state index contributed by atoms with van der Waals surface area (Å²) in [6, 6.07) is 13.0. The normalized spacial score (nSPS) is 11.3. The summed E-state index contributed by atoms with van der Waals surface area (Å²) < 4.78 is 4.99. The van der Waals surface area contributed by atoms with Gasteiger partial charge in [-0.25, -0.2) is 5.43 Å². The predicted molar refractivity (Wildman–Crippen MR) is 69.4 cm³/mol. The van der Waals surface area contributed by atoms with E-state index in [9.17, 15) is 4.79 Å². The molecule has 0 atom stereocenters. The van der Waals surface area contributed by atoms with Crippen LogP contribution in [0.25, 0.3) is 0 Å². The van der Waals surface area contributed by atoms with Crippen LogP contribution >= 0.6 is 0 Å². The molecule has 2 rings (SSSR count). The van der Waals surface area contributed by atoms with Gasteiger partial charge in [0.2, 0.25) is 0 Å². The summed E-state index contributed by atoms with van der Waals surface area (Å²) in [7, 11) is 0. The first-order valence-electron chi connectivity index (χ1n) is 5.77. The van der Waals surface area contributed by atoms with Crippen LogP contribution in [0.5, 0.6) is 0 Å². The van der Waals surface area contributed by atoms with E-state index < -0.39 is 0 Å². The Labute approximate surface area is 105 Å².